The molecule has 0 aliphatic heterocycles. The van der Waals surface area contributed by atoms with E-state index in [-0.39, 0.29) is 0 Å². The molecule has 6 nitrogen and oxygen atoms in total. The molecule has 6 heteroatoms. The summed E-state index contributed by atoms with van der Waals surface area (Å²) in [6, 6.07) is 17.6. The van der Waals surface area contributed by atoms with E-state index in [9.17, 15) is 0 Å². The highest BCUT2D eigenvalue weighted by Crippen LogP contribution is 2.30. The van der Waals surface area contributed by atoms with Crippen molar-refractivity contribution < 1.29 is 4.74 Å². The van der Waals surface area contributed by atoms with Crippen molar-refractivity contribution in [3.05, 3.63) is 67.0 Å². The molecule has 0 saturated heterocycles. The Morgan fingerprint density at radius 2 is 1.69 bits per heavy atom. The van der Waals surface area contributed by atoms with E-state index in [1.165, 1.54) is 0 Å². The van der Waals surface area contributed by atoms with Gasteiger partial charge in [-0.2, -0.15) is 10.1 Å². The van der Waals surface area contributed by atoms with Crippen LogP contribution in [0.3, 0.4) is 0 Å². The molecule has 0 amide bonds. The topological polar surface area (TPSA) is 56.1 Å². The first kappa shape index (κ1) is 18.9. The molecule has 2 aromatic carbocycles. The molecule has 4 rings (SSSR count). The Balaban J connectivity index is 1.82. The first-order valence-electron chi connectivity index (χ1n) is 10.1. The Morgan fingerprint density at radius 1 is 0.897 bits per heavy atom. The summed E-state index contributed by atoms with van der Waals surface area (Å²) in [4.78, 5) is 12.0. The number of anilines is 1. The zero-order chi connectivity index (χ0) is 20.1. The minimum absolute atomic E-state index is 0.562. The molecule has 0 fully saturated rings. The summed E-state index contributed by atoms with van der Waals surface area (Å²) in [7, 11) is 0. The van der Waals surface area contributed by atoms with Crippen LogP contribution in [0.15, 0.2) is 67.0 Å². The molecule has 4 aromatic rings. The lowest BCUT2D eigenvalue weighted by Gasteiger charge is -2.24. The van der Waals surface area contributed by atoms with Crippen molar-refractivity contribution in [1.82, 2.24) is 19.7 Å². The minimum atomic E-state index is 0.562. The second-order valence-electron chi connectivity index (χ2n) is 6.88. The number of rotatable bonds is 8. The highest BCUT2D eigenvalue weighted by Gasteiger charge is 2.16. The molecule has 0 aliphatic carbocycles. The third-order valence-corrected chi connectivity index (χ3v) is 4.61. The summed E-state index contributed by atoms with van der Waals surface area (Å²) < 4.78 is 7.71. The number of ether oxygens (including phenoxy) is 1. The van der Waals surface area contributed by atoms with Crippen LogP contribution in [0.4, 0.5) is 5.82 Å². The van der Waals surface area contributed by atoms with Crippen LogP contribution in [0, 0.1) is 0 Å². The first-order chi connectivity index (χ1) is 14.3. The summed E-state index contributed by atoms with van der Waals surface area (Å²) >= 11 is 0. The van der Waals surface area contributed by atoms with E-state index in [0.29, 0.717) is 5.95 Å². The Kier molecular flexibility index (Phi) is 5.70. The van der Waals surface area contributed by atoms with Gasteiger partial charge in [-0.05, 0) is 43.2 Å². The van der Waals surface area contributed by atoms with Crippen LogP contribution in [0.1, 0.15) is 26.7 Å². The predicted molar refractivity (Wildman–Crippen MR) is 116 cm³/mol. The average molecular weight is 387 g/mol. The molecule has 148 valence electrons. The molecule has 2 heterocycles. The average Bonchev–Trinajstić information content (AvgIpc) is 3.28. The van der Waals surface area contributed by atoms with Gasteiger partial charge in [-0.3, -0.25) is 0 Å². The monoisotopic (exact) mass is 387 g/mol. The van der Waals surface area contributed by atoms with Crippen molar-refractivity contribution in [3.63, 3.8) is 0 Å². The van der Waals surface area contributed by atoms with Gasteiger partial charge in [0.1, 0.15) is 17.3 Å². The summed E-state index contributed by atoms with van der Waals surface area (Å²) in [5, 5.41) is 5.33. The summed E-state index contributed by atoms with van der Waals surface area (Å²) in [6.07, 6.45) is 5.70. The number of fused-ring (bicyclic) bond motifs is 1. The molecule has 0 spiro atoms. The van der Waals surface area contributed by atoms with Gasteiger partial charge in [0.05, 0.1) is 5.52 Å². The Hall–Kier alpha value is -3.41. The molecule has 0 aliphatic rings. The van der Waals surface area contributed by atoms with Crippen molar-refractivity contribution in [2.75, 3.05) is 18.0 Å². The van der Waals surface area contributed by atoms with Gasteiger partial charge in [-0.1, -0.05) is 32.0 Å². The first-order valence-corrected chi connectivity index (χ1v) is 10.1. The van der Waals surface area contributed by atoms with Crippen molar-refractivity contribution in [2.45, 2.75) is 26.7 Å². The van der Waals surface area contributed by atoms with Gasteiger partial charge < -0.3 is 9.64 Å². The maximum absolute atomic E-state index is 6.02. The molecule has 0 saturated carbocycles. The number of benzene rings is 2. The maximum Gasteiger partial charge on any atom is 0.253 e. The third kappa shape index (κ3) is 4.21. The van der Waals surface area contributed by atoms with Crippen molar-refractivity contribution >= 4 is 16.7 Å². The number of nitrogens with zero attached hydrogens (tertiary/aromatic N) is 5. The van der Waals surface area contributed by atoms with Crippen molar-refractivity contribution in [2.24, 2.45) is 0 Å². The minimum Gasteiger partial charge on any atom is -0.457 e. The quantitative estimate of drug-likeness (QED) is 0.414. The number of aromatic nitrogens is 4. The molecule has 0 unspecified atom stereocenters. The predicted octanol–water partition coefficient (Wildman–Crippen LogP) is 5.23. The summed E-state index contributed by atoms with van der Waals surface area (Å²) in [5.74, 6) is 3.05. The third-order valence-electron chi connectivity index (χ3n) is 4.61. The Morgan fingerprint density at radius 3 is 2.38 bits per heavy atom. The second-order valence-corrected chi connectivity index (χ2v) is 6.88. The van der Waals surface area contributed by atoms with Gasteiger partial charge in [0.15, 0.2) is 0 Å². The van der Waals surface area contributed by atoms with Crippen LogP contribution in [0.25, 0.3) is 16.9 Å². The van der Waals surface area contributed by atoms with E-state index in [0.717, 1.165) is 54.2 Å². The highest BCUT2D eigenvalue weighted by atomic mass is 16.5. The summed E-state index contributed by atoms with van der Waals surface area (Å²) in [5.41, 5.74) is 0.839. The highest BCUT2D eigenvalue weighted by molar-refractivity contribution is 5.91. The van der Waals surface area contributed by atoms with Gasteiger partial charge >= 0.3 is 0 Å². The van der Waals surface area contributed by atoms with E-state index in [1.54, 1.807) is 10.9 Å². The van der Waals surface area contributed by atoms with Crippen LogP contribution in [0.2, 0.25) is 0 Å². The Bertz CT molecular complexity index is 1060. The van der Waals surface area contributed by atoms with Gasteiger partial charge in [0.25, 0.3) is 5.95 Å². The normalized spacial score (nSPS) is 11.0. The van der Waals surface area contributed by atoms with Gasteiger partial charge in [0, 0.05) is 36.9 Å². The largest absolute Gasteiger partial charge is 0.457 e. The zero-order valence-electron chi connectivity index (χ0n) is 16.8. The maximum atomic E-state index is 6.02. The van der Waals surface area contributed by atoms with Crippen LogP contribution in [0.5, 0.6) is 11.5 Å². The molecular formula is C23H25N5O. The number of hydrogen-bond donors (Lipinski definition) is 0. The summed E-state index contributed by atoms with van der Waals surface area (Å²) in [6.45, 7) is 6.26. The second kappa shape index (κ2) is 8.73. The fourth-order valence-corrected chi connectivity index (χ4v) is 3.36. The number of para-hydroxylation sites is 1. The molecular weight excluding hydrogens is 362 g/mol. The lowest BCUT2D eigenvalue weighted by molar-refractivity contribution is 0.483. The van der Waals surface area contributed by atoms with Crippen LogP contribution in [-0.4, -0.2) is 32.8 Å². The standard InChI is InChI=1S/C23H25N5O/c1-3-14-27(15-4-2)22-20-12-11-19(29-18-9-6-5-7-10-18)17-21(20)25-23(26-22)28-16-8-13-24-28/h5-13,16-17H,3-4,14-15H2,1-2H3. The Labute approximate surface area is 170 Å². The number of hydrogen-bond acceptors (Lipinski definition) is 5. The lowest BCUT2D eigenvalue weighted by Crippen LogP contribution is -2.26. The smallest absolute Gasteiger partial charge is 0.253 e. The van der Waals surface area contributed by atoms with Crippen LogP contribution < -0.4 is 9.64 Å². The SMILES string of the molecule is CCCN(CCC)c1nc(-n2cccn2)nc2cc(Oc3ccccc3)ccc12. The van der Waals surface area contributed by atoms with Crippen LogP contribution >= 0.6 is 0 Å². The molecule has 0 N–H and O–H groups in total. The van der Waals surface area contributed by atoms with E-state index in [2.05, 4.69) is 23.8 Å². The van der Waals surface area contributed by atoms with E-state index >= 15 is 0 Å². The van der Waals surface area contributed by atoms with E-state index in [1.807, 2.05) is 60.8 Å². The molecule has 0 atom stereocenters. The molecule has 0 bridgehead atoms. The van der Waals surface area contributed by atoms with E-state index < -0.39 is 0 Å². The van der Waals surface area contributed by atoms with E-state index in [4.69, 9.17) is 14.7 Å². The zero-order valence-corrected chi connectivity index (χ0v) is 16.8. The van der Waals surface area contributed by atoms with Crippen molar-refractivity contribution in [1.29, 1.82) is 0 Å². The lowest BCUT2D eigenvalue weighted by atomic mass is 10.2. The van der Waals surface area contributed by atoms with Gasteiger partial charge in [-0.25, -0.2) is 9.67 Å². The molecule has 29 heavy (non-hydrogen) atoms. The van der Waals surface area contributed by atoms with Gasteiger partial charge in [0.2, 0.25) is 0 Å². The van der Waals surface area contributed by atoms with Gasteiger partial charge in [-0.15, -0.1) is 0 Å². The van der Waals surface area contributed by atoms with Crippen molar-refractivity contribution in [3.8, 4) is 17.4 Å². The fourth-order valence-electron chi connectivity index (χ4n) is 3.36. The van der Waals surface area contributed by atoms with Crippen LogP contribution in [-0.2, 0) is 0 Å². The molecule has 0 radical (unpaired) electrons. The molecule has 2 aromatic heterocycles. The fraction of sp³-hybridized carbons (Fsp3) is 0.261.